The van der Waals surface area contributed by atoms with E-state index in [0.717, 1.165) is 4.47 Å². The second-order valence-electron chi connectivity index (χ2n) is 3.64. The molecule has 0 fully saturated rings. The molecule has 0 aliphatic carbocycles. The minimum absolute atomic E-state index is 0.166. The van der Waals surface area contributed by atoms with Gasteiger partial charge in [0.25, 0.3) is 5.91 Å². The predicted octanol–water partition coefficient (Wildman–Crippen LogP) is 3.76. The van der Waals surface area contributed by atoms with Gasteiger partial charge in [0.05, 0.1) is 18.4 Å². The summed E-state index contributed by atoms with van der Waals surface area (Å²) in [6.07, 6.45) is 1.53. The van der Waals surface area contributed by atoms with Crippen molar-refractivity contribution < 1.29 is 9.53 Å². The topological polar surface area (TPSA) is 51.2 Å². The highest BCUT2D eigenvalue weighted by atomic mass is 79.9. The van der Waals surface area contributed by atoms with Crippen LogP contribution in [-0.2, 0) is 0 Å². The molecule has 0 bridgehead atoms. The van der Waals surface area contributed by atoms with Crippen LogP contribution in [-0.4, -0.2) is 18.0 Å². The van der Waals surface area contributed by atoms with Crippen LogP contribution < -0.4 is 10.1 Å². The summed E-state index contributed by atoms with van der Waals surface area (Å²) >= 11 is 9.24. The van der Waals surface area contributed by atoms with Crippen LogP contribution in [0.1, 0.15) is 10.4 Å². The van der Waals surface area contributed by atoms with Gasteiger partial charge in [-0.1, -0.05) is 11.6 Å². The Bertz CT molecular complexity index is 619. The number of amides is 1. The van der Waals surface area contributed by atoms with Gasteiger partial charge in [-0.05, 0) is 40.2 Å². The number of hydrogen-bond donors (Lipinski definition) is 1. The number of carbonyl (C=O) groups excluding carboxylic acids is 1. The molecule has 0 saturated heterocycles. The predicted molar refractivity (Wildman–Crippen MR) is 77.9 cm³/mol. The number of nitrogens with one attached hydrogen (secondary N) is 1. The van der Waals surface area contributed by atoms with Gasteiger partial charge in [0.1, 0.15) is 10.9 Å². The fraction of sp³-hybridized carbons (Fsp3) is 0.0769. The first-order chi connectivity index (χ1) is 9.11. The zero-order valence-electron chi connectivity index (χ0n) is 9.98. The van der Waals surface area contributed by atoms with Crippen molar-refractivity contribution in [2.24, 2.45) is 0 Å². The van der Waals surface area contributed by atoms with E-state index in [9.17, 15) is 4.79 Å². The molecule has 2 aromatic rings. The minimum atomic E-state index is -0.327. The van der Waals surface area contributed by atoms with E-state index in [1.165, 1.54) is 6.20 Å². The molecule has 0 saturated carbocycles. The number of aromatic nitrogens is 1. The molecule has 1 N–H and O–H groups in total. The van der Waals surface area contributed by atoms with Crippen molar-refractivity contribution in [1.82, 2.24) is 4.98 Å². The van der Waals surface area contributed by atoms with Crippen molar-refractivity contribution >= 4 is 39.1 Å². The number of halogens is 2. The van der Waals surface area contributed by atoms with Crippen LogP contribution in [0.15, 0.2) is 41.0 Å². The normalized spacial score (nSPS) is 10.1. The third kappa shape index (κ3) is 3.24. The Kier molecular flexibility index (Phi) is 4.39. The van der Waals surface area contributed by atoms with Crippen molar-refractivity contribution in [3.05, 3.63) is 51.7 Å². The number of hydrogen-bond acceptors (Lipinski definition) is 3. The molecule has 0 radical (unpaired) electrons. The third-order valence-corrected chi connectivity index (χ3v) is 3.42. The standard InChI is InChI=1S/C13H10BrClN2O2/c1-19-8-4-5-10(14)11(7-8)17-13(18)9-3-2-6-16-12(9)15/h2-7H,1H3,(H,17,18). The molecule has 19 heavy (non-hydrogen) atoms. The fourth-order valence-electron chi connectivity index (χ4n) is 1.47. The minimum Gasteiger partial charge on any atom is -0.497 e. The molecule has 1 aromatic carbocycles. The summed E-state index contributed by atoms with van der Waals surface area (Å²) < 4.78 is 5.86. The van der Waals surface area contributed by atoms with Crippen molar-refractivity contribution in [2.45, 2.75) is 0 Å². The fourth-order valence-corrected chi connectivity index (χ4v) is 2.02. The van der Waals surface area contributed by atoms with Crippen LogP contribution >= 0.6 is 27.5 Å². The molecule has 4 nitrogen and oxygen atoms in total. The van der Waals surface area contributed by atoms with Crippen LogP contribution in [0.5, 0.6) is 5.75 Å². The largest absolute Gasteiger partial charge is 0.497 e. The SMILES string of the molecule is COc1ccc(Br)c(NC(=O)c2cccnc2Cl)c1. The molecule has 0 atom stereocenters. The summed E-state index contributed by atoms with van der Waals surface area (Å²) in [5.74, 6) is 0.322. The first-order valence-corrected chi connectivity index (χ1v) is 6.54. The van der Waals surface area contributed by atoms with Crippen LogP contribution in [0.4, 0.5) is 5.69 Å². The summed E-state index contributed by atoms with van der Waals surface area (Å²) in [6, 6.07) is 8.56. The van der Waals surface area contributed by atoms with Crippen molar-refractivity contribution in [3.8, 4) is 5.75 Å². The summed E-state index contributed by atoms with van der Waals surface area (Å²) in [5.41, 5.74) is 0.920. The van der Waals surface area contributed by atoms with Gasteiger partial charge in [0, 0.05) is 16.7 Å². The lowest BCUT2D eigenvalue weighted by atomic mass is 10.2. The maximum absolute atomic E-state index is 12.1. The highest BCUT2D eigenvalue weighted by Crippen LogP contribution is 2.27. The first-order valence-electron chi connectivity index (χ1n) is 5.37. The Morgan fingerprint density at radius 1 is 1.42 bits per heavy atom. The Labute approximate surface area is 123 Å². The zero-order valence-corrected chi connectivity index (χ0v) is 12.3. The summed E-state index contributed by atoms with van der Waals surface area (Å²) in [7, 11) is 1.56. The van der Waals surface area contributed by atoms with Crippen LogP contribution in [0.2, 0.25) is 5.15 Å². The average molecular weight is 342 g/mol. The number of carbonyl (C=O) groups is 1. The highest BCUT2D eigenvalue weighted by molar-refractivity contribution is 9.10. The number of pyridine rings is 1. The smallest absolute Gasteiger partial charge is 0.258 e. The zero-order chi connectivity index (χ0) is 13.8. The van der Waals surface area contributed by atoms with Crippen molar-refractivity contribution in [2.75, 3.05) is 12.4 Å². The van der Waals surface area contributed by atoms with Gasteiger partial charge in [-0.15, -0.1) is 0 Å². The molecule has 1 heterocycles. The van der Waals surface area contributed by atoms with Gasteiger partial charge in [-0.3, -0.25) is 4.79 Å². The molecule has 1 amide bonds. The second kappa shape index (κ2) is 6.04. The second-order valence-corrected chi connectivity index (χ2v) is 4.85. The molecule has 1 aromatic heterocycles. The first kappa shape index (κ1) is 13.8. The molecular weight excluding hydrogens is 332 g/mol. The number of ether oxygens (including phenoxy) is 1. The third-order valence-electron chi connectivity index (χ3n) is 2.43. The quantitative estimate of drug-likeness (QED) is 0.865. The number of anilines is 1. The molecule has 0 unspecified atom stereocenters. The average Bonchev–Trinajstić information content (AvgIpc) is 2.41. The van der Waals surface area contributed by atoms with Gasteiger partial charge >= 0.3 is 0 Å². The molecular formula is C13H10BrClN2O2. The van der Waals surface area contributed by atoms with E-state index < -0.39 is 0 Å². The van der Waals surface area contributed by atoms with Crippen molar-refractivity contribution in [3.63, 3.8) is 0 Å². The summed E-state index contributed by atoms with van der Waals surface area (Å²) in [6.45, 7) is 0. The Morgan fingerprint density at radius 2 is 2.21 bits per heavy atom. The Hall–Kier alpha value is -1.59. The maximum atomic E-state index is 12.1. The number of rotatable bonds is 3. The van der Waals surface area contributed by atoms with E-state index in [-0.39, 0.29) is 11.1 Å². The highest BCUT2D eigenvalue weighted by Gasteiger charge is 2.12. The van der Waals surface area contributed by atoms with Gasteiger partial charge in [0.15, 0.2) is 0 Å². The number of nitrogens with zero attached hydrogens (tertiary/aromatic N) is 1. The van der Waals surface area contributed by atoms with Gasteiger partial charge in [-0.2, -0.15) is 0 Å². The van der Waals surface area contributed by atoms with E-state index in [4.69, 9.17) is 16.3 Å². The van der Waals surface area contributed by atoms with Crippen LogP contribution in [0.3, 0.4) is 0 Å². The van der Waals surface area contributed by atoms with Crippen LogP contribution in [0, 0.1) is 0 Å². The number of benzene rings is 1. The lowest BCUT2D eigenvalue weighted by Crippen LogP contribution is -2.13. The summed E-state index contributed by atoms with van der Waals surface area (Å²) in [4.78, 5) is 16.0. The lowest BCUT2D eigenvalue weighted by Gasteiger charge is -2.09. The van der Waals surface area contributed by atoms with Crippen molar-refractivity contribution in [1.29, 1.82) is 0 Å². The van der Waals surface area contributed by atoms with Gasteiger partial charge < -0.3 is 10.1 Å². The van der Waals surface area contributed by atoms with E-state index in [1.807, 2.05) is 0 Å². The molecule has 6 heteroatoms. The lowest BCUT2D eigenvalue weighted by molar-refractivity contribution is 0.102. The Morgan fingerprint density at radius 3 is 2.89 bits per heavy atom. The van der Waals surface area contributed by atoms with Gasteiger partial charge in [0.2, 0.25) is 0 Å². The molecule has 98 valence electrons. The van der Waals surface area contributed by atoms with E-state index in [2.05, 4.69) is 26.2 Å². The van der Waals surface area contributed by atoms with Crippen LogP contribution in [0.25, 0.3) is 0 Å². The molecule has 0 aliphatic rings. The Balaban J connectivity index is 2.26. The van der Waals surface area contributed by atoms with E-state index >= 15 is 0 Å². The van der Waals surface area contributed by atoms with E-state index in [0.29, 0.717) is 17.0 Å². The van der Waals surface area contributed by atoms with Gasteiger partial charge in [-0.25, -0.2) is 4.98 Å². The summed E-state index contributed by atoms with van der Waals surface area (Å²) in [5, 5.41) is 2.92. The molecule has 0 aliphatic heterocycles. The molecule has 0 spiro atoms. The van der Waals surface area contributed by atoms with E-state index in [1.54, 1.807) is 37.4 Å². The monoisotopic (exact) mass is 340 g/mol. The number of methoxy groups -OCH3 is 1. The maximum Gasteiger partial charge on any atom is 0.258 e. The molecule has 2 rings (SSSR count).